The smallest absolute Gasteiger partial charge is 0.310 e. The van der Waals surface area contributed by atoms with Crippen molar-refractivity contribution in [3.05, 3.63) is 0 Å². The number of hydrogen-bond donors (Lipinski definition) is 1. The molecule has 13 heavy (non-hydrogen) atoms. The monoisotopic (exact) mass is 242 g/mol. The van der Waals surface area contributed by atoms with E-state index >= 15 is 0 Å². The highest BCUT2D eigenvalue weighted by Gasteiger charge is 2.17. The molecule has 1 unspecified atom stereocenters. The lowest BCUT2D eigenvalue weighted by Gasteiger charge is -2.07. The van der Waals surface area contributed by atoms with Crippen LogP contribution in [0.5, 0.6) is 0 Å². The molecule has 0 aliphatic heterocycles. The molecule has 0 aromatic carbocycles. The highest BCUT2D eigenvalue weighted by molar-refractivity contribution is 8.88. The van der Waals surface area contributed by atoms with Gasteiger partial charge in [-0.15, -0.1) is 0 Å². The molecule has 0 aromatic rings. The first-order valence-electron chi connectivity index (χ1n) is 4.74. The highest BCUT2D eigenvalue weighted by atomic mass is 33.1. The molecule has 0 saturated carbocycles. The summed E-state index contributed by atoms with van der Waals surface area (Å²) in [6.07, 6.45) is 4.69. The summed E-state index contributed by atoms with van der Waals surface area (Å²) in [5.41, 5.74) is 0. The molecule has 2 nitrogen and oxygen atoms in total. The van der Waals surface area contributed by atoms with E-state index in [1.54, 1.807) is 0 Å². The van der Waals surface area contributed by atoms with Crippen LogP contribution in [-0.2, 0) is 4.57 Å². The van der Waals surface area contributed by atoms with Gasteiger partial charge in [0.2, 0.25) is 0 Å². The first-order chi connectivity index (χ1) is 6.12. The van der Waals surface area contributed by atoms with Crippen molar-refractivity contribution in [2.45, 2.75) is 39.5 Å². The molecule has 0 radical (unpaired) electrons. The first kappa shape index (κ1) is 13.9. The summed E-state index contributed by atoms with van der Waals surface area (Å²) in [5.74, 6) is -1.37. The Kier molecular flexibility index (Phi) is 8.78. The summed E-state index contributed by atoms with van der Waals surface area (Å²) in [6.45, 7) is 4.07. The summed E-state index contributed by atoms with van der Waals surface area (Å²) in [4.78, 5) is 9.35. The minimum Gasteiger partial charge on any atom is -0.329 e. The number of unbranched alkanes of at least 4 members (excludes halogenated alkanes) is 3. The van der Waals surface area contributed by atoms with Crippen LogP contribution in [0.25, 0.3) is 0 Å². The van der Waals surface area contributed by atoms with Crippen LogP contribution in [0.2, 0.25) is 0 Å². The average Bonchev–Trinajstić information content (AvgIpc) is 2.04. The Morgan fingerprint density at radius 1 is 1.15 bits per heavy atom. The minimum atomic E-state index is -2.91. The van der Waals surface area contributed by atoms with Crippen molar-refractivity contribution < 1.29 is 9.46 Å². The summed E-state index contributed by atoms with van der Waals surface area (Å²) in [7, 11) is 0. The van der Waals surface area contributed by atoms with Crippen molar-refractivity contribution in [3.63, 3.8) is 0 Å². The zero-order chi connectivity index (χ0) is 10.2. The predicted molar refractivity (Wildman–Crippen MR) is 64.6 cm³/mol. The van der Waals surface area contributed by atoms with Gasteiger partial charge in [0.05, 0.1) is 0 Å². The fourth-order valence-electron chi connectivity index (χ4n) is 0.909. The van der Waals surface area contributed by atoms with Crippen molar-refractivity contribution in [3.8, 4) is 0 Å². The van der Waals surface area contributed by atoms with Crippen LogP contribution >= 0.6 is 28.5 Å². The SMILES string of the molecule is CCCCCCSP(=O)(O)SCC. The fourth-order valence-corrected chi connectivity index (χ4v) is 6.45. The zero-order valence-electron chi connectivity index (χ0n) is 8.36. The highest BCUT2D eigenvalue weighted by Crippen LogP contribution is 2.65. The van der Waals surface area contributed by atoms with Crippen molar-refractivity contribution in [2.75, 3.05) is 11.5 Å². The van der Waals surface area contributed by atoms with Gasteiger partial charge in [0, 0.05) is 11.5 Å². The van der Waals surface area contributed by atoms with Gasteiger partial charge in [-0.2, -0.15) is 0 Å². The molecule has 1 N–H and O–H groups in total. The molecule has 80 valence electrons. The van der Waals surface area contributed by atoms with Crippen LogP contribution in [0.15, 0.2) is 0 Å². The van der Waals surface area contributed by atoms with Crippen molar-refractivity contribution in [1.82, 2.24) is 0 Å². The van der Waals surface area contributed by atoms with Crippen LogP contribution < -0.4 is 0 Å². The summed E-state index contributed by atoms with van der Waals surface area (Å²) < 4.78 is 11.3. The van der Waals surface area contributed by atoms with E-state index in [9.17, 15) is 9.46 Å². The Bertz CT molecular complexity index is 164. The molecule has 0 bridgehead atoms. The molecular formula is C8H19O2PS2. The topological polar surface area (TPSA) is 37.3 Å². The van der Waals surface area contributed by atoms with E-state index in [1.165, 1.54) is 42.0 Å². The summed E-state index contributed by atoms with van der Waals surface area (Å²) >= 11 is 2.40. The third-order valence-corrected chi connectivity index (χ3v) is 8.10. The normalized spacial score (nSPS) is 15.6. The quantitative estimate of drug-likeness (QED) is 0.512. The largest absolute Gasteiger partial charge is 0.329 e. The molecule has 0 fully saturated rings. The summed E-state index contributed by atoms with van der Waals surface area (Å²) in [5, 5.41) is 0. The fraction of sp³-hybridized carbons (Fsp3) is 1.00. The molecule has 0 aromatic heterocycles. The summed E-state index contributed by atoms with van der Waals surface area (Å²) in [6, 6.07) is 0. The Hall–Kier alpha value is 0.890. The molecule has 1 atom stereocenters. The second kappa shape index (κ2) is 8.22. The van der Waals surface area contributed by atoms with Gasteiger partial charge in [-0.3, -0.25) is 4.57 Å². The predicted octanol–water partition coefficient (Wildman–Crippen LogP) is 4.15. The van der Waals surface area contributed by atoms with Gasteiger partial charge in [-0.05, 0) is 6.42 Å². The van der Waals surface area contributed by atoms with Crippen LogP contribution in [0.4, 0.5) is 0 Å². The minimum absolute atomic E-state index is 0.718. The van der Waals surface area contributed by atoms with E-state index in [4.69, 9.17) is 0 Å². The molecule has 0 amide bonds. The molecule has 0 saturated heterocycles. The van der Waals surface area contributed by atoms with Gasteiger partial charge in [-0.1, -0.05) is 55.9 Å². The average molecular weight is 242 g/mol. The van der Waals surface area contributed by atoms with E-state index in [0.717, 1.165) is 17.9 Å². The van der Waals surface area contributed by atoms with Crippen molar-refractivity contribution in [1.29, 1.82) is 0 Å². The molecule has 5 heteroatoms. The second-order valence-electron chi connectivity index (χ2n) is 2.78. The zero-order valence-corrected chi connectivity index (χ0v) is 10.9. The Morgan fingerprint density at radius 3 is 2.38 bits per heavy atom. The lowest BCUT2D eigenvalue weighted by atomic mass is 10.2. The van der Waals surface area contributed by atoms with Crippen LogP contribution in [0, 0.1) is 0 Å². The van der Waals surface area contributed by atoms with Crippen LogP contribution in [0.1, 0.15) is 39.5 Å². The van der Waals surface area contributed by atoms with Gasteiger partial charge in [-0.25, -0.2) is 0 Å². The van der Waals surface area contributed by atoms with E-state index in [-0.39, 0.29) is 0 Å². The molecule has 0 spiro atoms. The maximum atomic E-state index is 11.3. The Morgan fingerprint density at radius 2 is 1.85 bits per heavy atom. The molecular weight excluding hydrogens is 223 g/mol. The van der Waals surface area contributed by atoms with Gasteiger partial charge >= 0.3 is 5.77 Å². The van der Waals surface area contributed by atoms with Gasteiger partial charge in [0.25, 0.3) is 0 Å². The molecule has 0 aliphatic rings. The van der Waals surface area contributed by atoms with E-state index in [0.29, 0.717) is 0 Å². The maximum absolute atomic E-state index is 11.3. The van der Waals surface area contributed by atoms with Gasteiger partial charge < -0.3 is 4.89 Å². The third kappa shape index (κ3) is 9.20. The lowest BCUT2D eigenvalue weighted by molar-refractivity contribution is 0.514. The Labute approximate surface area is 89.2 Å². The molecule has 0 aliphatic carbocycles. The van der Waals surface area contributed by atoms with Crippen molar-refractivity contribution >= 4 is 28.5 Å². The van der Waals surface area contributed by atoms with Gasteiger partial charge in [0.1, 0.15) is 0 Å². The molecule has 0 rings (SSSR count). The van der Waals surface area contributed by atoms with E-state index < -0.39 is 5.77 Å². The van der Waals surface area contributed by atoms with Crippen LogP contribution in [0.3, 0.4) is 0 Å². The van der Waals surface area contributed by atoms with Crippen molar-refractivity contribution in [2.24, 2.45) is 0 Å². The lowest BCUT2D eigenvalue weighted by Crippen LogP contribution is -1.80. The number of rotatable bonds is 8. The number of hydrogen-bond acceptors (Lipinski definition) is 3. The first-order valence-corrected chi connectivity index (χ1v) is 9.58. The molecule has 0 heterocycles. The second-order valence-corrected chi connectivity index (χ2v) is 10.4. The third-order valence-electron chi connectivity index (χ3n) is 1.54. The van der Waals surface area contributed by atoms with Gasteiger partial charge in [0.15, 0.2) is 0 Å². The van der Waals surface area contributed by atoms with E-state index in [2.05, 4.69) is 6.92 Å². The Balaban J connectivity index is 3.35. The maximum Gasteiger partial charge on any atom is 0.310 e. The standard InChI is InChI=1S/C8H19O2PS2/c1-3-5-6-7-8-13-11(9,10)12-4-2/h3-8H2,1-2H3,(H,9,10). The van der Waals surface area contributed by atoms with Crippen LogP contribution in [-0.4, -0.2) is 16.4 Å². The van der Waals surface area contributed by atoms with E-state index in [1.807, 2.05) is 6.92 Å².